The van der Waals surface area contributed by atoms with Crippen molar-refractivity contribution in [2.45, 2.75) is 13.0 Å². The first-order valence-corrected chi connectivity index (χ1v) is 7.77. The molecule has 0 radical (unpaired) electrons. The highest BCUT2D eigenvalue weighted by Crippen LogP contribution is 2.35. The van der Waals surface area contributed by atoms with Gasteiger partial charge < -0.3 is 9.88 Å². The molecule has 5 nitrogen and oxygen atoms in total. The third-order valence-corrected chi connectivity index (χ3v) is 5.27. The fraction of sp³-hybridized carbons (Fsp3) is 0.214. The van der Waals surface area contributed by atoms with Crippen LogP contribution in [0.5, 0.6) is 0 Å². The van der Waals surface area contributed by atoms with E-state index in [0.717, 1.165) is 28.0 Å². The summed E-state index contributed by atoms with van der Waals surface area (Å²) in [4.78, 5) is 27.5. The molecule has 0 aromatic carbocycles. The lowest BCUT2D eigenvalue weighted by atomic mass is 10.1. The Hall–Kier alpha value is -1.92. The number of pyridine rings is 1. The van der Waals surface area contributed by atoms with E-state index in [1.807, 2.05) is 12.1 Å². The van der Waals surface area contributed by atoms with E-state index in [9.17, 15) is 4.79 Å². The molecule has 1 aliphatic heterocycles. The third kappa shape index (κ3) is 2.02. The van der Waals surface area contributed by atoms with E-state index in [2.05, 4.69) is 15.0 Å². The number of halogens is 1. The zero-order valence-electron chi connectivity index (χ0n) is 11.0. The minimum atomic E-state index is -0.0387. The number of nitrogens with zero attached hydrogens (tertiary/aromatic N) is 3. The van der Waals surface area contributed by atoms with Gasteiger partial charge in [-0.25, -0.2) is 9.97 Å². The SMILES string of the molecule is O=C(c1sc2ncccc2c1Cl)N1CCc2nc[nH]c2C1. The van der Waals surface area contributed by atoms with E-state index < -0.39 is 0 Å². The maximum Gasteiger partial charge on any atom is 0.265 e. The number of hydrogen-bond acceptors (Lipinski definition) is 4. The van der Waals surface area contributed by atoms with Crippen molar-refractivity contribution in [2.24, 2.45) is 0 Å². The highest BCUT2D eigenvalue weighted by atomic mass is 35.5. The van der Waals surface area contributed by atoms with Crippen LogP contribution in [0.25, 0.3) is 10.2 Å². The smallest absolute Gasteiger partial charge is 0.265 e. The number of hydrogen-bond donors (Lipinski definition) is 1. The molecule has 0 bridgehead atoms. The molecular weight excluding hydrogens is 308 g/mol. The van der Waals surface area contributed by atoms with Crippen LogP contribution >= 0.6 is 22.9 Å². The van der Waals surface area contributed by atoms with Crippen LogP contribution < -0.4 is 0 Å². The number of H-pyrrole nitrogens is 1. The van der Waals surface area contributed by atoms with Crippen LogP contribution in [0.4, 0.5) is 0 Å². The first-order chi connectivity index (χ1) is 10.2. The van der Waals surface area contributed by atoms with Crippen molar-refractivity contribution in [1.29, 1.82) is 0 Å². The molecular formula is C14H11ClN4OS. The first kappa shape index (κ1) is 12.8. The Labute approximate surface area is 129 Å². The van der Waals surface area contributed by atoms with Gasteiger partial charge in [0.15, 0.2) is 0 Å². The van der Waals surface area contributed by atoms with Gasteiger partial charge in [0.05, 0.1) is 29.3 Å². The largest absolute Gasteiger partial charge is 0.347 e. The highest BCUT2D eigenvalue weighted by molar-refractivity contribution is 7.21. The molecule has 7 heteroatoms. The zero-order chi connectivity index (χ0) is 14.4. The number of fused-ring (bicyclic) bond motifs is 2. The molecule has 0 aliphatic carbocycles. The van der Waals surface area contributed by atoms with E-state index in [-0.39, 0.29) is 5.91 Å². The van der Waals surface area contributed by atoms with Crippen LogP contribution in [0.3, 0.4) is 0 Å². The summed E-state index contributed by atoms with van der Waals surface area (Å²) in [5.74, 6) is -0.0387. The second-order valence-electron chi connectivity index (χ2n) is 4.91. The molecule has 0 atom stereocenters. The van der Waals surface area contributed by atoms with Crippen molar-refractivity contribution in [1.82, 2.24) is 19.9 Å². The average Bonchev–Trinajstić information content (AvgIpc) is 3.11. The molecule has 0 saturated carbocycles. The second-order valence-corrected chi connectivity index (χ2v) is 6.28. The Morgan fingerprint density at radius 1 is 1.43 bits per heavy atom. The topological polar surface area (TPSA) is 61.9 Å². The molecule has 1 aliphatic rings. The summed E-state index contributed by atoms with van der Waals surface area (Å²) in [6.07, 6.45) is 4.15. The van der Waals surface area contributed by atoms with Gasteiger partial charge in [0.25, 0.3) is 5.91 Å². The summed E-state index contributed by atoms with van der Waals surface area (Å²) in [7, 11) is 0. The Morgan fingerprint density at radius 3 is 3.19 bits per heavy atom. The molecule has 106 valence electrons. The van der Waals surface area contributed by atoms with Gasteiger partial charge in [0, 0.05) is 24.5 Å². The summed E-state index contributed by atoms with van der Waals surface area (Å²) in [5, 5.41) is 1.34. The summed E-state index contributed by atoms with van der Waals surface area (Å²) >= 11 is 7.70. The molecule has 3 aromatic heterocycles. The average molecular weight is 319 g/mol. The molecule has 4 rings (SSSR count). The fourth-order valence-corrected chi connectivity index (χ4v) is 3.98. The lowest BCUT2D eigenvalue weighted by Crippen LogP contribution is -2.35. The van der Waals surface area contributed by atoms with Crippen LogP contribution in [0, 0.1) is 0 Å². The molecule has 3 aromatic rings. The van der Waals surface area contributed by atoms with E-state index >= 15 is 0 Å². The van der Waals surface area contributed by atoms with Gasteiger partial charge in [-0.2, -0.15) is 0 Å². The monoisotopic (exact) mass is 318 g/mol. The Balaban J connectivity index is 1.69. The summed E-state index contributed by atoms with van der Waals surface area (Å²) in [6, 6.07) is 3.72. The van der Waals surface area contributed by atoms with E-state index in [4.69, 9.17) is 11.6 Å². The summed E-state index contributed by atoms with van der Waals surface area (Å²) in [5.41, 5.74) is 2.05. The van der Waals surface area contributed by atoms with Crippen LogP contribution in [-0.4, -0.2) is 32.3 Å². The highest BCUT2D eigenvalue weighted by Gasteiger charge is 2.27. The van der Waals surface area contributed by atoms with Crippen LogP contribution in [-0.2, 0) is 13.0 Å². The van der Waals surface area contributed by atoms with Crippen LogP contribution in [0.15, 0.2) is 24.7 Å². The number of rotatable bonds is 1. The third-order valence-electron chi connectivity index (χ3n) is 3.66. The van der Waals surface area contributed by atoms with Crippen molar-refractivity contribution < 1.29 is 4.79 Å². The van der Waals surface area contributed by atoms with Crippen molar-refractivity contribution in [3.05, 3.63) is 45.9 Å². The van der Waals surface area contributed by atoms with E-state index in [1.54, 1.807) is 17.4 Å². The molecule has 0 saturated heterocycles. The normalized spacial score (nSPS) is 14.4. The van der Waals surface area contributed by atoms with Crippen molar-refractivity contribution in [2.75, 3.05) is 6.54 Å². The summed E-state index contributed by atoms with van der Waals surface area (Å²) < 4.78 is 0. The first-order valence-electron chi connectivity index (χ1n) is 6.57. The van der Waals surface area contributed by atoms with E-state index in [0.29, 0.717) is 23.0 Å². The molecule has 0 unspecified atom stereocenters. The quantitative estimate of drug-likeness (QED) is 0.750. The number of amides is 1. The predicted octanol–water partition coefficient (Wildman–Crippen LogP) is 2.87. The van der Waals surface area contributed by atoms with Gasteiger partial charge >= 0.3 is 0 Å². The van der Waals surface area contributed by atoms with Crippen molar-refractivity contribution in [3.8, 4) is 0 Å². The fourth-order valence-electron chi connectivity index (χ4n) is 2.57. The minimum absolute atomic E-state index is 0.0387. The number of aromatic nitrogens is 3. The lowest BCUT2D eigenvalue weighted by molar-refractivity contribution is 0.0737. The Bertz CT molecular complexity index is 840. The molecule has 1 N–H and O–H groups in total. The lowest BCUT2D eigenvalue weighted by Gasteiger charge is -2.25. The van der Waals surface area contributed by atoms with Gasteiger partial charge in [-0.05, 0) is 12.1 Å². The van der Waals surface area contributed by atoms with E-state index in [1.165, 1.54) is 11.3 Å². The standard InChI is InChI=1S/C14H11ClN4OS/c15-11-8-2-1-4-16-13(8)21-12(11)14(20)19-5-3-9-10(6-19)18-7-17-9/h1-2,4,7H,3,5-6H2,(H,17,18). The molecule has 0 spiro atoms. The number of imidazole rings is 1. The maximum absolute atomic E-state index is 12.7. The van der Waals surface area contributed by atoms with Gasteiger partial charge in [-0.15, -0.1) is 11.3 Å². The molecule has 21 heavy (non-hydrogen) atoms. The molecule has 0 fully saturated rings. The van der Waals surface area contributed by atoms with Gasteiger partial charge in [-0.1, -0.05) is 11.6 Å². The van der Waals surface area contributed by atoms with Crippen LogP contribution in [0.2, 0.25) is 5.02 Å². The number of nitrogens with one attached hydrogen (secondary N) is 1. The van der Waals surface area contributed by atoms with Gasteiger partial charge in [0.1, 0.15) is 9.71 Å². The number of carbonyl (C=O) groups is 1. The number of carbonyl (C=O) groups excluding carboxylic acids is 1. The van der Waals surface area contributed by atoms with Gasteiger partial charge in [0.2, 0.25) is 0 Å². The minimum Gasteiger partial charge on any atom is -0.347 e. The predicted molar refractivity (Wildman–Crippen MR) is 81.7 cm³/mol. The molecule has 4 heterocycles. The van der Waals surface area contributed by atoms with Crippen molar-refractivity contribution >= 4 is 39.1 Å². The van der Waals surface area contributed by atoms with Crippen LogP contribution in [0.1, 0.15) is 21.1 Å². The Kier molecular flexibility index (Phi) is 2.94. The molecule has 1 amide bonds. The maximum atomic E-state index is 12.7. The summed E-state index contributed by atoms with van der Waals surface area (Å²) in [6.45, 7) is 1.21. The van der Waals surface area contributed by atoms with Crippen molar-refractivity contribution in [3.63, 3.8) is 0 Å². The number of aromatic amines is 1. The zero-order valence-corrected chi connectivity index (χ0v) is 12.5. The van der Waals surface area contributed by atoms with Gasteiger partial charge in [-0.3, -0.25) is 4.79 Å². The Morgan fingerprint density at radius 2 is 2.33 bits per heavy atom. The number of thiophene rings is 1. The second kappa shape index (κ2) is 4.82.